The van der Waals surface area contributed by atoms with Crippen molar-refractivity contribution in [2.75, 3.05) is 6.61 Å². The van der Waals surface area contributed by atoms with Gasteiger partial charge >= 0.3 is 5.97 Å². The largest absolute Gasteiger partial charge is 0.461 e. The fourth-order valence-electron chi connectivity index (χ4n) is 0.940. The van der Waals surface area contributed by atoms with Gasteiger partial charge in [-0.2, -0.15) is 0 Å². The molecule has 16 heavy (non-hydrogen) atoms. The number of rotatable bonds is 6. The van der Waals surface area contributed by atoms with Crippen LogP contribution in [0, 0.1) is 5.92 Å². The molecule has 0 aliphatic carbocycles. The normalized spacial score (nSPS) is 12.8. The van der Waals surface area contributed by atoms with Gasteiger partial charge in [-0.05, 0) is 25.8 Å². The fourth-order valence-corrected chi connectivity index (χ4v) is 0.940. The zero-order valence-corrected chi connectivity index (χ0v) is 10.7. The van der Waals surface area contributed by atoms with E-state index in [1.54, 1.807) is 0 Å². The number of carbonyl (C=O) groups is 1. The molecular formula is C14H22O2. The molecule has 0 spiro atoms. The third-order valence-electron chi connectivity index (χ3n) is 2.14. The summed E-state index contributed by atoms with van der Waals surface area (Å²) in [5.74, 6) is -0.207. The van der Waals surface area contributed by atoms with Gasteiger partial charge < -0.3 is 4.74 Å². The first-order valence-corrected chi connectivity index (χ1v) is 5.58. The van der Waals surface area contributed by atoms with Gasteiger partial charge in [0.1, 0.15) is 6.61 Å². The maximum atomic E-state index is 11.2. The molecule has 0 aromatic rings. The molecule has 0 unspecified atom stereocenters. The SMILES string of the molecule is C=CC(C)=CCC=C(C)COC(=O)C(C)C. The molecule has 0 radical (unpaired) electrons. The Hall–Kier alpha value is -1.31. The highest BCUT2D eigenvalue weighted by Gasteiger charge is 2.07. The van der Waals surface area contributed by atoms with Crippen LogP contribution < -0.4 is 0 Å². The number of esters is 1. The maximum Gasteiger partial charge on any atom is 0.308 e. The summed E-state index contributed by atoms with van der Waals surface area (Å²) in [6.45, 7) is 11.7. The molecule has 0 N–H and O–H groups in total. The van der Waals surface area contributed by atoms with Gasteiger partial charge in [-0.3, -0.25) is 4.79 Å². The van der Waals surface area contributed by atoms with Crippen molar-refractivity contribution in [1.29, 1.82) is 0 Å². The van der Waals surface area contributed by atoms with Gasteiger partial charge in [0.25, 0.3) is 0 Å². The van der Waals surface area contributed by atoms with Crippen molar-refractivity contribution >= 4 is 5.97 Å². The van der Waals surface area contributed by atoms with E-state index in [-0.39, 0.29) is 11.9 Å². The summed E-state index contributed by atoms with van der Waals surface area (Å²) < 4.78 is 5.10. The predicted molar refractivity (Wildman–Crippen MR) is 68.1 cm³/mol. The standard InChI is InChI=1S/C14H22O2/c1-6-12(4)8-7-9-13(5)10-16-14(15)11(2)3/h6,8-9,11H,1,7,10H2,2-5H3. The van der Waals surface area contributed by atoms with E-state index in [4.69, 9.17) is 4.74 Å². The molecule has 90 valence electrons. The minimum absolute atomic E-state index is 0.0595. The highest BCUT2D eigenvalue weighted by atomic mass is 16.5. The lowest BCUT2D eigenvalue weighted by atomic mass is 10.2. The molecule has 0 heterocycles. The van der Waals surface area contributed by atoms with Crippen LogP contribution in [0.15, 0.2) is 36.0 Å². The van der Waals surface area contributed by atoms with Crippen LogP contribution in [0.3, 0.4) is 0 Å². The Balaban J connectivity index is 3.97. The lowest BCUT2D eigenvalue weighted by Gasteiger charge is -2.06. The molecule has 2 heteroatoms. The average Bonchev–Trinajstić information content (AvgIpc) is 2.25. The third-order valence-corrected chi connectivity index (χ3v) is 2.14. The minimum atomic E-state index is -0.148. The first-order chi connectivity index (χ1) is 7.47. The molecule has 0 saturated carbocycles. The third kappa shape index (κ3) is 7.04. The summed E-state index contributed by atoms with van der Waals surface area (Å²) in [5.41, 5.74) is 2.23. The molecule has 2 nitrogen and oxygen atoms in total. The Morgan fingerprint density at radius 3 is 2.44 bits per heavy atom. The Kier molecular flexibility index (Phi) is 7.27. The zero-order chi connectivity index (χ0) is 12.6. The van der Waals surface area contributed by atoms with Gasteiger partial charge in [0.2, 0.25) is 0 Å². The van der Waals surface area contributed by atoms with Crippen molar-refractivity contribution in [1.82, 2.24) is 0 Å². The highest BCUT2D eigenvalue weighted by molar-refractivity contribution is 5.71. The van der Waals surface area contributed by atoms with Crippen molar-refractivity contribution in [2.45, 2.75) is 34.1 Å². The van der Waals surface area contributed by atoms with E-state index in [1.807, 2.05) is 33.8 Å². The number of hydrogen-bond acceptors (Lipinski definition) is 2. The molecule has 0 atom stereocenters. The van der Waals surface area contributed by atoms with E-state index in [1.165, 1.54) is 0 Å². The monoisotopic (exact) mass is 222 g/mol. The van der Waals surface area contributed by atoms with Gasteiger partial charge in [-0.25, -0.2) is 0 Å². The minimum Gasteiger partial charge on any atom is -0.461 e. The van der Waals surface area contributed by atoms with Gasteiger partial charge in [0.15, 0.2) is 0 Å². The van der Waals surface area contributed by atoms with E-state index in [0.717, 1.165) is 17.6 Å². The molecule has 0 aromatic heterocycles. The Morgan fingerprint density at radius 2 is 1.94 bits per heavy atom. The molecule has 0 amide bonds. The average molecular weight is 222 g/mol. The van der Waals surface area contributed by atoms with Crippen LogP contribution in [0.2, 0.25) is 0 Å². The van der Waals surface area contributed by atoms with E-state index in [0.29, 0.717) is 6.61 Å². The van der Waals surface area contributed by atoms with Gasteiger partial charge in [-0.15, -0.1) is 0 Å². The molecule has 0 bridgehead atoms. The summed E-state index contributed by atoms with van der Waals surface area (Å²) >= 11 is 0. The maximum absolute atomic E-state index is 11.2. The smallest absolute Gasteiger partial charge is 0.308 e. The van der Waals surface area contributed by atoms with E-state index >= 15 is 0 Å². The van der Waals surface area contributed by atoms with Gasteiger partial charge in [0, 0.05) is 0 Å². The molecule has 0 saturated heterocycles. The van der Waals surface area contributed by atoms with Gasteiger partial charge in [0.05, 0.1) is 5.92 Å². The second kappa shape index (κ2) is 7.91. The molecule has 0 fully saturated rings. The lowest BCUT2D eigenvalue weighted by molar-refractivity contribution is -0.146. The van der Waals surface area contributed by atoms with Crippen LogP contribution in [-0.4, -0.2) is 12.6 Å². The number of carbonyl (C=O) groups excluding carboxylic acids is 1. The number of allylic oxidation sites excluding steroid dienone is 4. The molecule has 0 rings (SSSR count). The van der Waals surface area contributed by atoms with Crippen molar-refractivity contribution in [3.63, 3.8) is 0 Å². The zero-order valence-electron chi connectivity index (χ0n) is 10.7. The van der Waals surface area contributed by atoms with E-state index in [9.17, 15) is 4.79 Å². The van der Waals surface area contributed by atoms with Crippen molar-refractivity contribution in [2.24, 2.45) is 5.92 Å². The van der Waals surface area contributed by atoms with Crippen molar-refractivity contribution in [3.8, 4) is 0 Å². The molecule has 0 aromatic carbocycles. The highest BCUT2D eigenvalue weighted by Crippen LogP contribution is 2.03. The van der Waals surface area contributed by atoms with Crippen molar-refractivity contribution in [3.05, 3.63) is 36.0 Å². The summed E-state index contributed by atoms with van der Waals surface area (Å²) in [6.07, 6.45) is 6.81. The Bertz CT molecular complexity index is 296. The molecule has 0 aliphatic heterocycles. The summed E-state index contributed by atoms with van der Waals surface area (Å²) in [4.78, 5) is 11.2. The first-order valence-electron chi connectivity index (χ1n) is 5.58. The summed E-state index contributed by atoms with van der Waals surface area (Å²) in [7, 11) is 0. The van der Waals surface area contributed by atoms with Crippen LogP contribution in [0.1, 0.15) is 34.1 Å². The predicted octanol–water partition coefficient (Wildman–Crippen LogP) is 3.65. The second-order valence-electron chi connectivity index (χ2n) is 4.20. The summed E-state index contributed by atoms with van der Waals surface area (Å²) in [6, 6.07) is 0. The lowest BCUT2D eigenvalue weighted by Crippen LogP contribution is -2.12. The van der Waals surface area contributed by atoms with Gasteiger partial charge in [-0.1, -0.05) is 44.2 Å². The topological polar surface area (TPSA) is 26.3 Å². The van der Waals surface area contributed by atoms with E-state index in [2.05, 4.69) is 18.7 Å². The first kappa shape index (κ1) is 14.7. The van der Waals surface area contributed by atoms with Crippen LogP contribution in [0.25, 0.3) is 0 Å². The summed E-state index contributed by atoms with van der Waals surface area (Å²) in [5, 5.41) is 0. The van der Waals surface area contributed by atoms with Crippen LogP contribution in [0.4, 0.5) is 0 Å². The van der Waals surface area contributed by atoms with Crippen LogP contribution in [-0.2, 0) is 9.53 Å². The van der Waals surface area contributed by atoms with Crippen molar-refractivity contribution < 1.29 is 9.53 Å². The number of ether oxygens (including phenoxy) is 1. The molecule has 0 aliphatic rings. The Morgan fingerprint density at radius 1 is 1.31 bits per heavy atom. The van der Waals surface area contributed by atoms with Crippen LogP contribution >= 0.6 is 0 Å². The fraction of sp³-hybridized carbons (Fsp3) is 0.500. The molecular weight excluding hydrogens is 200 g/mol. The van der Waals surface area contributed by atoms with Crippen LogP contribution in [0.5, 0.6) is 0 Å². The quantitative estimate of drug-likeness (QED) is 0.389. The Labute approximate surface area is 98.7 Å². The van der Waals surface area contributed by atoms with E-state index < -0.39 is 0 Å². The number of hydrogen-bond donors (Lipinski definition) is 0. The second-order valence-corrected chi connectivity index (χ2v) is 4.20.